The van der Waals surface area contributed by atoms with Crippen LogP contribution in [-0.4, -0.2) is 5.16 Å². The zero-order valence-corrected chi connectivity index (χ0v) is 6.79. The van der Waals surface area contributed by atoms with Gasteiger partial charge in [0.15, 0.2) is 0 Å². The van der Waals surface area contributed by atoms with Gasteiger partial charge >= 0.3 is 29.6 Å². The Hall–Kier alpha value is 0.430. The monoisotopic (exact) mass is 125 g/mol. The molecule has 4 heteroatoms. The Kier molecular flexibility index (Phi) is 3.65. The Balaban J connectivity index is 0. The fourth-order valence-electron chi connectivity index (χ4n) is 0.222. The number of aromatic amines is 1. The molecule has 0 spiro atoms. The van der Waals surface area contributed by atoms with Crippen LogP contribution in [0.3, 0.4) is 0 Å². The molecule has 0 saturated carbocycles. The van der Waals surface area contributed by atoms with Crippen molar-refractivity contribution in [3.8, 4) is 0 Å². The van der Waals surface area contributed by atoms with Crippen molar-refractivity contribution in [3.05, 3.63) is 17.0 Å². The maximum absolute atomic E-state index is 4.60. The van der Waals surface area contributed by atoms with Crippen molar-refractivity contribution in [2.45, 2.75) is 0 Å². The van der Waals surface area contributed by atoms with E-state index in [9.17, 15) is 0 Å². The van der Waals surface area contributed by atoms with Gasteiger partial charge in [-0.1, -0.05) is 12.2 Å². The summed E-state index contributed by atoms with van der Waals surface area (Å²) in [6, 6.07) is 1.68. The molecule has 0 saturated heterocycles. The van der Waals surface area contributed by atoms with Crippen molar-refractivity contribution in [1.29, 1.82) is 0 Å². The largest absolute Gasteiger partial charge is 1.00 e. The van der Waals surface area contributed by atoms with Gasteiger partial charge in [0.25, 0.3) is 0 Å². The Morgan fingerprint density at radius 1 is 1.86 bits per heavy atom. The van der Waals surface area contributed by atoms with Crippen LogP contribution in [-0.2, 0) is 0 Å². The normalized spacial score (nSPS) is 7.43. The van der Waals surface area contributed by atoms with Crippen LogP contribution < -0.4 is 29.6 Å². The Morgan fingerprint density at radius 3 is 2.71 bits per heavy atom. The smallest absolute Gasteiger partial charge is 1.00 e. The van der Waals surface area contributed by atoms with Crippen LogP contribution >= 0.6 is 12.2 Å². The van der Waals surface area contributed by atoms with Crippen LogP contribution in [0.4, 0.5) is 0 Å². The van der Waals surface area contributed by atoms with E-state index in [1.54, 1.807) is 6.07 Å². The summed E-state index contributed by atoms with van der Waals surface area (Å²) in [5, 5.41) is 2.44. The minimum absolute atomic E-state index is 0. The standard InChI is InChI=1S/C3H3NOS.Na.H/c6-3-1-2-5-4-3;;/h1-2H,(H,4,6);;/q;+1;-1. The topological polar surface area (TPSA) is 28.9 Å². The van der Waals surface area contributed by atoms with E-state index in [4.69, 9.17) is 0 Å². The molecule has 0 atom stereocenters. The minimum Gasteiger partial charge on any atom is -1.00 e. The van der Waals surface area contributed by atoms with Crippen LogP contribution in [0.5, 0.6) is 0 Å². The summed E-state index contributed by atoms with van der Waals surface area (Å²) in [5.74, 6) is 0. The van der Waals surface area contributed by atoms with Crippen molar-refractivity contribution >= 4 is 12.2 Å². The van der Waals surface area contributed by atoms with E-state index in [2.05, 4.69) is 21.9 Å². The molecule has 0 aromatic carbocycles. The fourth-order valence-corrected chi connectivity index (χ4v) is 0.326. The second-order valence-corrected chi connectivity index (χ2v) is 1.33. The van der Waals surface area contributed by atoms with Gasteiger partial charge in [-0.05, 0) is 0 Å². The van der Waals surface area contributed by atoms with Gasteiger partial charge in [-0.15, -0.1) is 0 Å². The summed E-state index contributed by atoms with van der Waals surface area (Å²) in [5.41, 5.74) is 0. The summed E-state index contributed by atoms with van der Waals surface area (Å²) >= 11 is 4.60. The average Bonchev–Trinajstić information content (AvgIpc) is 1.86. The maximum Gasteiger partial charge on any atom is 1.00 e. The molecule has 0 unspecified atom stereocenters. The average molecular weight is 125 g/mol. The molecule has 0 bridgehead atoms. The Bertz CT molecular complexity index is 157. The first kappa shape index (κ1) is 7.43. The summed E-state index contributed by atoms with van der Waals surface area (Å²) < 4.78 is 5.12. The maximum atomic E-state index is 4.60. The molecule has 34 valence electrons. The van der Waals surface area contributed by atoms with E-state index < -0.39 is 0 Å². The molecule has 0 fully saturated rings. The molecule has 1 rings (SSSR count). The second kappa shape index (κ2) is 3.43. The zero-order chi connectivity index (χ0) is 4.41. The summed E-state index contributed by atoms with van der Waals surface area (Å²) in [7, 11) is 0. The second-order valence-electron chi connectivity index (χ2n) is 0.887. The number of rotatable bonds is 0. The van der Waals surface area contributed by atoms with E-state index in [1.165, 1.54) is 6.26 Å². The predicted octanol–water partition coefficient (Wildman–Crippen LogP) is -1.55. The first-order valence-electron chi connectivity index (χ1n) is 1.52. The van der Waals surface area contributed by atoms with Gasteiger partial charge in [0, 0.05) is 6.07 Å². The third-order valence-corrected chi connectivity index (χ3v) is 0.666. The van der Waals surface area contributed by atoms with Gasteiger partial charge in [0.2, 0.25) is 0 Å². The number of H-pyrrole nitrogens is 1. The van der Waals surface area contributed by atoms with Crippen molar-refractivity contribution in [2.75, 3.05) is 0 Å². The van der Waals surface area contributed by atoms with Crippen LogP contribution in [0.1, 0.15) is 1.43 Å². The fraction of sp³-hybridized carbons (Fsp3) is 0. The van der Waals surface area contributed by atoms with Gasteiger partial charge in [-0.3, -0.25) is 0 Å². The van der Waals surface area contributed by atoms with Crippen molar-refractivity contribution in [3.63, 3.8) is 0 Å². The first-order chi connectivity index (χ1) is 2.89. The minimum atomic E-state index is 0. The molecule has 1 aromatic heterocycles. The van der Waals surface area contributed by atoms with Crippen LogP contribution in [0.2, 0.25) is 0 Å². The SMILES string of the molecule is S=c1cco[nH]1.[H-].[Na+]. The molecule has 0 radical (unpaired) electrons. The number of hydrogen-bond donors (Lipinski definition) is 1. The van der Waals surface area contributed by atoms with Crippen LogP contribution in [0, 0.1) is 4.64 Å². The summed E-state index contributed by atoms with van der Waals surface area (Å²) in [4.78, 5) is 0. The zero-order valence-electron chi connectivity index (χ0n) is 4.97. The van der Waals surface area contributed by atoms with Crippen LogP contribution in [0.15, 0.2) is 16.9 Å². The molecule has 0 aliphatic rings. The third kappa shape index (κ3) is 2.29. The molecule has 7 heavy (non-hydrogen) atoms. The quantitative estimate of drug-likeness (QED) is 0.336. The molecular weight excluding hydrogens is 121 g/mol. The summed E-state index contributed by atoms with van der Waals surface area (Å²) in [6.07, 6.45) is 1.50. The number of aromatic nitrogens is 1. The summed E-state index contributed by atoms with van der Waals surface area (Å²) in [6.45, 7) is 0. The van der Waals surface area contributed by atoms with E-state index in [-0.39, 0.29) is 31.0 Å². The Morgan fingerprint density at radius 2 is 2.57 bits per heavy atom. The van der Waals surface area contributed by atoms with Gasteiger partial charge in [-0.2, -0.15) is 0 Å². The predicted molar refractivity (Wildman–Crippen MR) is 25.0 cm³/mol. The third-order valence-electron chi connectivity index (χ3n) is 0.447. The molecule has 1 aromatic rings. The molecule has 0 aliphatic heterocycles. The van der Waals surface area contributed by atoms with Crippen molar-refractivity contribution in [1.82, 2.24) is 5.16 Å². The van der Waals surface area contributed by atoms with Gasteiger partial charge in [-0.25, -0.2) is 5.16 Å². The van der Waals surface area contributed by atoms with Gasteiger partial charge in [0.1, 0.15) is 10.9 Å². The van der Waals surface area contributed by atoms with Gasteiger partial charge < -0.3 is 5.95 Å². The molecule has 2 nitrogen and oxygen atoms in total. The molecular formula is C3H4NNaOS. The van der Waals surface area contributed by atoms with Gasteiger partial charge in [0.05, 0.1) is 0 Å². The molecule has 1 heterocycles. The Labute approximate surface area is 69.7 Å². The molecule has 0 aliphatic carbocycles. The van der Waals surface area contributed by atoms with Crippen molar-refractivity contribution in [2.24, 2.45) is 0 Å². The van der Waals surface area contributed by atoms with Crippen molar-refractivity contribution < 1.29 is 35.5 Å². The molecule has 1 N–H and O–H groups in total. The molecule has 0 amide bonds. The number of nitrogens with one attached hydrogen (secondary N) is 1. The van der Waals surface area contributed by atoms with Crippen LogP contribution in [0.25, 0.3) is 0 Å². The van der Waals surface area contributed by atoms with E-state index >= 15 is 0 Å². The van der Waals surface area contributed by atoms with E-state index in [0.717, 1.165) is 0 Å². The van der Waals surface area contributed by atoms with E-state index in [0.29, 0.717) is 4.64 Å². The van der Waals surface area contributed by atoms with E-state index in [1.807, 2.05) is 0 Å². The first-order valence-corrected chi connectivity index (χ1v) is 1.92. The number of hydrogen-bond acceptors (Lipinski definition) is 2.